The van der Waals surface area contributed by atoms with E-state index in [0.717, 1.165) is 18.2 Å². The standard InChI is InChI=1S/C10H8F3NO4S/c11-10(12,13)19(17,18)14-8-4-1-7(2-5-8)3-6-9(15)16/h1-6,14H,(H,15,16)/b6-3+. The van der Waals surface area contributed by atoms with E-state index in [1.807, 2.05) is 0 Å². The van der Waals surface area contributed by atoms with E-state index >= 15 is 0 Å². The fourth-order valence-corrected chi connectivity index (χ4v) is 1.60. The van der Waals surface area contributed by atoms with Crippen LogP contribution in [0.5, 0.6) is 0 Å². The minimum atomic E-state index is -5.45. The number of sulfonamides is 1. The van der Waals surface area contributed by atoms with E-state index in [1.165, 1.54) is 22.9 Å². The minimum absolute atomic E-state index is 0.273. The lowest BCUT2D eigenvalue weighted by atomic mass is 10.2. The SMILES string of the molecule is O=C(O)/C=C/c1ccc(NS(=O)(=O)C(F)(F)F)cc1. The van der Waals surface area contributed by atoms with Crippen molar-refractivity contribution in [1.29, 1.82) is 0 Å². The van der Waals surface area contributed by atoms with Gasteiger partial charge in [-0.15, -0.1) is 0 Å². The molecule has 0 spiro atoms. The number of carboxylic acids is 1. The monoisotopic (exact) mass is 295 g/mol. The summed E-state index contributed by atoms with van der Waals surface area (Å²) in [5, 5.41) is 8.37. The average molecular weight is 295 g/mol. The van der Waals surface area contributed by atoms with Crippen molar-refractivity contribution in [3.8, 4) is 0 Å². The van der Waals surface area contributed by atoms with Crippen molar-refractivity contribution < 1.29 is 31.5 Å². The summed E-state index contributed by atoms with van der Waals surface area (Å²) in [6, 6.07) is 4.72. The Hall–Kier alpha value is -2.03. The molecular formula is C10H8F3NO4S. The molecule has 0 aliphatic carbocycles. The first-order chi connectivity index (χ1) is 8.62. The maximum atomic E-state index is 12.1. The Labute approximate surface area is 106 Å². The molecule has 0 unspecified atom stereocenters. The van der Waals surface area contributed by atoms with Crippen molar-refractivity contribution in [2.24, 2.45) is 0 Å². The molecule has 0 fully saturated rings. The van der Waals surface area contributed by atoms with E-state index in [-0.39, 0.29) is 5.69 Å². The number of alkyl halides is 3. The predicted molar refractivity (Wildman–Crippen MR) is 61.7 cm³/mol. The van der Waals surface area contributed by atoms with Crippen molar-refractivity contribution in [2.45, 2.75) is 5.51 Å². The van der Waals surface area contributed by atoms with Gasteiger partial charge in [0.25, 0.3) is 0 Å². The lowest BCUT2D eigenvalue weighted by Crippen LogP contribution is -2.29. The molecule has 0 heterocycles. The highest BCUT2D eigenvalue weighted by molar-refractivity contribution is 7.93. The molecule has 0 aliphatic rings. The molecule has 1 aromatic rings. The molecule has 0 aliphatic heterocycles. The summed E-state index contributed by atoms with van der Waals surface area (Å²) >= 11 is 0. The number of nitrogens with one attached hydrogen (secondary N) is 1. The Kier molecular flexibility index (Phi) is 4.20. The average Bonchev–Trinajstić information content (AvgIpc) is 2.26. The lowest BCUT2D eigenvalue weighted by Gasteiger charge is -2.10. The van der Waals surface area contributed by atoms with Crippen molar-refractivity contribution in [1.82, 2.24) is 0 Å². The van der Waals surface area contributed by atoms with Crippen LogP contribution in [0, 0.1) is 0 Å². The van der Waals surface area contributed by atoms with Crippen molar-refractivity contribution in [3.63, 3.8) is 0 Å². The first-order valence-electron chi connectivity index (χ1n) is 4.72. The third-order valence-corrected chi connectivity index (χ3v) is 3.00. The van der Waals surface area contributed by atoms with Crippen LogP contribution < -0.4 is 4.72 Å². The third-order valence-electron chi connectivity index (χ3n) is 1.89. The van der Waals surface area contributed by atoms with Crippen LogP contribution in [0.15, 0.2) is 30.3 Å². The number of anilines is 1. The van der Waals surface area contributed by atoms with E-state index < -0.39 is 21.5 Å². The van der Waals surface area contributed by atoms with Gasteiger partial charge in [0.15, 0.2) is 0 Å². The van der Waals surface area contributed by atoms with Gasteiger partial charge < -0.3 is 5.11 Å². The topological polar surface area (TPSA) is 83.5 Å². The van der Waals surface area contributed by atoms with Crippen LogP contribution in [0.25, 0.3) is 6.08 Å². The number of rotatable bonds is 4. The molecule has 0 saturated carbocycles. The first kappa shape index (κ1) is 15.0. The molecule has 0 radical (unpaired) electrons. The molecule has 5 nitrogen and oxygen atoms in total. The van der Waals surface area contributed by atoms with Gasteiger partial charge in [-0.05, 0) is 23.8 Å². The zero-order valence-electron chi connectivity index (χ0n) is 9.18. The number of carboxylic acid groups (broad SMARTS) is 1. The molecule has 2 N–H and O–H groups in total. The van der Waals surface area contributed by atoms with Gasteiger partial charge in [-0.3, -0.25) is 4.72 Å². The number of benzene rings is 1. The van der Waals surface area contributed by atoms with Gasteiger partial charge in [0, 0.05) is 11.8 Å². The Morgan fingerprint density at radius 3 is 2.16 bits per heavy atom. The van der Waals surface area contributed by atoms with Gasteiger partial charge in [-0.25, -0.2) is 4.79 Å². The number of hydrogen-bond acceptors (Lipinski definition) is 3. The number of halogens is 3. The van der Waals surface area contributed by atoms with Gasteiger partial charge in [0.2, 0.25) is 0 Å². The lowest BCUT2D eigenvalue weighted by molar-refractivity contribution is -0.131. The second-order valence-corrected chi connectivity index (χ2v) is 5.02. The zero-order valence-corrected chi connectivity index (χ0v) is 9.99. The second-order valence-electron chi connectivity index (χ2n) is 3.34. The van der Waals surface area contributed by atoms with Crippen LogP contribution in [0.1, 0.15) is 5.56 Å². The van der Waals surface area contributed by atoms with Gasteiger partial charge in [-0.1, -0.05) is 12.1 Å². The normalized spacial score (nSPS) is 12.6. The van der Waals surface area contributed by atoms with E-state index in [2.05, 4.69) is 0 Å². The maximum Gasteiger partial charge on any atom is 0.516 e. The highest BCUT2D eigenvalue weighted by Crippen LogP contribution is 2.25. The van der Waals surface area contributed by atoms with Crippen LogP contribution in [-0.4, -0.2) is 25.0 Å². The fourth-order valence-electron chi connectivity index (χ4n) is 1.04. The summed E-state index contributed by atoms with van der Waals surface area (Å²) in [5.41, 5.74) is -5.27. The molecule has 0 atom stereocenters. The van der Waals surface area contributed by atoms with Gasteiger partial charge in [-0.2, -0.15) is 21.6 Å². The predicted octanol–water partition coefficient (Wildman–Crippen LogP) is 2.05. The van der Waals surface area contributed by atoms with Crippen molar-refractivity contribution in [2.75, 3.05) is 4.72 Å². The number of carbonyl (C=O) groups is 1. The van der Waals surface area contributed by atoms with Crippen LogP contribution in [0.2, 0.25) is 0 Å². The van der Waals surface area contributed by atoms with Crippen LogP contribution >= 0.6 is 0 Å². The van der Waals surface area contributed by atoms with E-state index in [4.69, 9.17) is 5.11 Å². The van der Waals surface area contributed by atoms with Crippen molar-refractivity contribution >= 4 is 27.8 Å². The minimum Gasteiger partial charge on any atom is -0.478 e. The van der Waals surface area contributed by atoms with Gasteiger partial charge >= 0.3 is 21.5 Å². The Balaban J connectivity index is 2.87. The molecule has 0 bridgehead atoms. The third kappa shape index (κ3) is 4.28. The summed E-state index contributed by atoms with van der Waals surface area (Å²) in [6.45, 7) is 0. The largest absolute Gasteiger partial charge is 0.516 e. The first-order valence-corrected chi connectivity index (χ1v) is 6.20. The van der Waals surface area contributed by atoms with E-state index in [9.17, 15) is 26.4 Å². The quantitative estimate of drug-likeness (QED) is 0.833. The van der Waals surface area contributed by atoms with Gasteiger partial charge in [0.05, 0.1) is 0 Å². The summed E-state index contributed by atoms with van der Waals surface area (Å²) < 4.78 is 59.2. The fraction of sp³-hybridized carbons (Fsp3) is 0.100. The van der Waals surface area contributed by atoms with Crippen LogP contribution in [0.4, 0.5) is 18.9 Å². The smallest absolute Gasteiger partial charge is 0.478 e. The van der Waals surface area contributed by atoms with E-state index in [0.29, 0.717) is 5.56 Å². The molecular weight excluding hydrogens is 287 g/mol. The Morgan fingerprint density at radius 2 is 1.74 bits per heavy atom. The van der Waals surface area contributed by atoms with E-state index in [1.54, 1.807) is 0 Å². The Morgan fingerprint density at radius 1 is 1.21 bits per heavy atom. The molecule has 0 saturated heterocycles. The second kappa shape index (κ2) is 5.31. The Bertz CT molecular complexity index is 590. The molecule has 0 aromatic heterocycles. The molecule has 1 aromatic carbocycles. The molecule has 19 heavy (non-hydrogen) atoms. The molecule has 0 amide bonds. The molecule has 104 valence electrons. The van der Waals surface area contributed by atoms with Crippen LogP contribution in [0.3, 0.4) is 0 Å². The molecule has 1 rings (SSSR count). The van der Waals surface area contributed by atoms with Gasteiger partial charge in [0.1, 0.15) is 0 Å². The van der Waals surface area contributed by atoms with Crippen molar-refractivity contribution in [3.05, 3.63) is 35.9 Å². The highest BCUT2D eigenvalue weighted by atomic mass is 32.2. The number of hydrogen-bond donors (Lipinski definition) is 2. The summed E-state index contributed by atoms with van der Waals surface area (Å²) in [5.74, 6) is -1.18. The zero-order chi connectivity index (χ0) is 14.7. The van der Waals surface area contributed by atoms with Crippen LogP contribution in [-0.2, 0) is 14.8 Å². The summed E-state index contributed by atoms with van der Waals surface area (Å²) in [6.07, 6.45) is 2.05. The summed E-state index contributed by atoms with van der Waals surface area (Å²) in [7, 11) is -5.45. The maximum absolute atomic E-state index is 12.1. The number of aliphatic carboxylic acids is 1. The molecule has 9 heteroatoms. The summed E-state index contributed by atoms with van der Waals surface area (Å²) in [4.78, 5) is 10.2. The highest BCUT2D eigenvalue weighted by Gasteiger charge is 2.45.